The highest BCUT2D eigenvalue weighted by atomic mass is 16.7. The molecule has 8 nitrogen and oxygen atoms in total. The van der Waals surface area contributed by atoms with Crippen molar-refractivity contribution in [3.63, 3.8) is 0 Å². The molecule has 0 aliphatic carbocycles. The summed E-state index contributed by atoms with van der Waals surface area (Å²) in [6.07, 6.45) is -0.576. The molecule has 1 aliphatic heterocycles. The lowest BCUT2D eigenvalue weighted by molar-refractivity contribution is 0.0635. The number of hydrogen-bond acceptors (Lipinski definition) is 7. The van der Waals surface area contributed by atoms with Crippen molar-refractivity contribution in [1.29, 1.82) is 0 Å². The number of anilines is 3. The third kappa shape index (κ3) is 4.03. The van der Waals surface area contributed by atoms with Gasteiger partial charge in [0.15, 0.2) is 23.1 Å². The van der Waals surface area contributed by atoms with Crippen molar-refractivity contribution in [3.05, 3.63) is 30.3 Å². The molecule has 0 saturated heterocycles. The number of amides is 1. The summed E-state index contributed by atoms with van der Waals surface area (Å²) in [5.41, 5.74) is 0.222. The summed E-state index contributed by atoms with van der Waals surface area (Å²) < 4.78 is 15.7. The van der Waals surface area contributed by atoms with Gasteiger partial charge in [0.2, 0.25) is 6.79 Å². The molecular formula is C16H18N4O4. The first-order valence-corrected chi connectivity index (χ1v) is 7.39. The van der Waals surface area contributed by atoms with Crippen molar-refractivity contribution in [2.75, 3.05) is 17.4 Å². The monoisotopic (exact) mass is 330 g/mol. The Labute approximate surface area is 139 Å². The van der Waals surface area contributed by atoms with Crippen LogP contribution in [0.15, 0.2) is 30.3 Å². The summed E-state index contributed by atoms with van der Waals surface area (Å²) in [4.78, 5) is 11.7. The van der Waals surface area contributed by atoms with E-state index < -0.39 is 11.7 Å². The Kier molecular flexibility index (Phi) is 4.11. The quantitative estimate of drug-likeness (QED) is 0.891. The Balaban J connectivity index is 1.61. The van der Waals surface area contributed by atoms with E-state index in [9.17, 15) is 4.79 Å². The number of carbonyl (C=O) groups excluding carboxylic acids is 1. The highest BCUT2D eigenvalue weighted by Crippen LogP contribution is 2.34. The van der Waals surface area contributed by atoms with Gasteiger partial charge in [-0.1, -0.05) is 0 Å². The standard InChI is InChI=1S/C16H18N4O4/c1-16(2,3)24-15(21)18-14-7-6-13(19-20-14)17-10-4-5-11-12(8-10)23-9-22-11/h4-8H,9H2,1-3H3,(H,17,19)(H,18,20,21). The minimum Gasteiger partial charge on any atom is -0.454 e. The number of hydrogen-bond donors (Lipinski definition) is 2. The maximum absolute atomic E-state index is 11.7. The van der Waals surface area contributed by atoms with E-state index in [-0.39, 0.29) is 6.79 Å². The fraction of sp³-hybridized carbons (Fsp3) is 0.312. The largest absolute Gasteiger partial charge is 0.454 e. The summed E-state index contributed by atoms with van der Waals surface area (Å²) in [6, 6.07) is 8.81. The number of ether oxygens (including phenoxy) is 3. The summed E-state index contributed by atoms with van der Waals surface area (Å²) in [5.74, 6) is 2.23. The molecule has 1 aromatic carbocycles. The van der Waals surface area contributed by atoms with Crippen molar-refractivity contribution in [3.8, 4) is 11.5 Å². The van der Waals surface area contributed by atoms with Crippen molar-refractivity contribution in [2.45, 2.75) is 26.4 Å². The van der Waals surface area contributed by atoms with Gasteiger partial charge in [0.1, 0.15) is 5.60 Å². The van der Waals surface area contributed by atoms with Crippen LogP contribution in [0.25, 0.3) is 0 Å². The number of rotatable bonds is 3. The van der Waals surface area contributed by atoms with E-state index >= 15 is 0 Å². The lowest BCUT2D eigenvalue weighted by atomic mass is 10.2. The zero-order chi connectivity index (χ0) is 17.2. The van der Waals surface area contributed by atoms with Crippen molar-refractivity contribution in [1.82, 2.24) is 10.2 Å². The number of nitrogens with zero attached hydrogens (tertiary/aromatic N) is 2. The summed E-state index contributed by atoms with van der Waals surface area (Å²) in [7, 11) is 0. The van der Waals surface area contributed by atoms with Crippen LogP contribution in [0, 0.1) is 0 Å². The van der Waals surface area contributed by atoms with Crippen LogP contribution >= 0.6 is 0 Å². The van der Waals surface area contributed by atoms with Gasteiger partial charge in [-0.05, 0) is 45.0 Å². The molecule has 1 aliphatic rings. The highest BCUT2D eigenvalue weighted by molar-refractivity contribution is 5.83. The minimum absolute atomic E-state index is 0.226. The molecule has 1 amide bonds. The van der Waals surface area contributed by atoms with Gasteiger partial charge >= 0.3 is 6.09 Å². The van der Waals surface area contributed by atoms with Gasteiger partial charge in [-0.15, -0.1) is 10.2 Å². The first-order chi connectivity index (χ1) is 11.4. The minimum atomic E-state index is -0.576. The third-order valence-corrected chi connectivity index (χ3v) is 2.94. The maximum Gasteiger partial charge on any atom is 0.413 e. The van der Waals surface area contributed by atoms with Crippen molar-refractivity contribution >= 4 is 23.4 Å². The zero-order valence-corrected chi connectivity index (χ0v) is 13.6. The summed E-state index contributed by atoms with van der Waals surface area (Å²) >= 11 is 0. The van der Waals surface area contributed by atoms with Crippen LogP contribution in [-0.4, -0.2) is 28.7 Å². The third-order valence-electron chi connectivity index (χ3n) is 2.94. The average Bonchev–Trinajstić information content (AvgIpc) is 2.95. The zero-order valence-electron chi connectivity index (χ0n) is 13.6. The molecule has 0 bridgehead atoms. The molecule has 126 valence electrons. The molecule has 3 rings (SSSR count). The van der Waals surface area contributed by atoms with Gasteiger partial charge in [0.25, 0.3) is 0 Å². The van der Waals surface area contributed by atoms with Gasteiger partial charge in [0.05, 0.1) is 0 Å². The van der Waals surface area contributed by atoms with E-state index in [4.69, 9.17) is 14.2 Å². The molecule has 0 radical (unpaired) electrons. The molecule has 2 aromatic rings. The van der Waals surface area contributed by atoms with Gasteiger partial charge in [0, 0.05) is 11.8 Å². The van der Waals surface area contributed by atoms with Gasteiger partial charge in [-0.25, -0.2) is 4.79 Å². The number of aromatic nitrogens is 2. The second kappa shape index (κ2) is 6.23. The van der Waals surface area contributed by atoms with Gasteiger partial charge in [-0.3, -0.25) is 5.32 Å². The molecule has 24 heavy (non-hydrogen) atoms. The van der Waals surface area contributed by atoms with Crippen LogP contribution in [0.1, 0.15) is 20.8 Å². The number of benzene rings is 1. The van der Waals surface area contributed by atoms with Gasteiger partial charge < -0.3 is 19.5 Å². The molecule has 0 saturated carbocycles. The SMILES string of the molecule is CC(C)(C)OC(=O)Nc1ccc(Nc2ccc3c(c2)OCO3)nn1. The second-order valence-corrected chi connectivity index (χ2v) is 6.12. The Bertz CT molecular complexity index is 741. The van der Waals surface area contributed by atoms with E-state index in [1.165, 1.54) is 0 Å². The Hall–Kier alpha value is -3.03. The van der Waals surface area contributed by atoms with E-state index in [0.29, 0.717) is 23.1 Å². The van der Waals surface area contributed by atoms with Gasteiger partial charge in [-0.2, -0.15) is 0 Å². The van der Waals surface area contributed by atoms with Crippen molar-refractivity contribution < 1.29 is 19.0 Å². The summed E-state index contributed by atoms with van der Waals surface area (Å²) in [5, 5.41) is 13.6. The predicted octanol–water partition coefficient (Wildman–Crippen LogP) is 3.30. The van der Waals surface area contributed by atoms with Crippen LogP contribution in [0.5, 0.6) is 11.5 Å². The number of nitrogens with one attached hydrogen (secondary N) is 2. The Morgan fingerprint density at radius 1 is 1.08 bits per heavy atom. The fourth-order valence-electron chi connectivity index (χ4n) is 2.00. The first-order valence-electron chi connectivity index (χ1n) is 7.39. The fourth-order valence-corrected chi connectivity index (χ4v) is 2.00. The molecule has 8 heteroatoms. The molecule has 2 heterocycles. The Morgan fingerprint density at radius 3 is 2.50 bits per heavy atom. The summed E-state index contributed by atoms with van der Waals surface area (Å²) in [6.45, 7) is 5.59. The topological polar surface area (TPSA) is 94.6 Å². The average molecular weight is 330 g/mol. The normalized spacial score (nSPS) is 12.6. The van der Waals surface area contributed by atoms with E-state index in [1.54, 1.807) is 32.9 Å². The van der Waals surface area contributed by atoms with Crippen LogP contribution in [-0.2, 0) is 4.74 Å². The lowest BCUT2D eigenvalue weighted by Crippen LogP contribution is -2.27. The first kappa shape index (κ1) is 15.9. The molecule has 0 spiro atoms. The van der Waals surface area contributed by atoms with Crippen LogP contribution in [0.4, 0.5) is 22.1 Å². The molecule has 0 atom stereocenters. The molecule has 2 N–H and O–H groups in total. The molecule has 1 aromatic heterocycles. The van der Waals surface area contributed by atoms with Crippen LogP contribution in [0.2, 0.25) is 0 Å². The number of fused-ring (bicyclic) bond motifs is 1. The Morgan fingerprint density at radius 2 is 1.79 bits per heavy atom. The van der Waals surface area contributed by atoms with E-state index in [2.05, 4.69) is 20.8 Å². The molecule has 0 unspecified atom stereocenters. The van der Waals surface area contributed by atoms with E-state index in [0.717, 1.165) is 5.69 Å². The maximum atomic E-state index is 11.7. The smallest absolute Gasteiger partial charge is 0.413 e. The second-order valence-electron chi connectivity index (χ2n) is 6.12. The van der Waals surface area contributed by atoms with E-state index in [1.807, 2.05) is 18.2 Å². The lowest BCUT2D eigenvalue weighted by Gasteiger charge is -2.19. The predicted molar refractivity (Wildman–Crippen MR) is 87.7 cm³/mol. The van der Waals surface area contributed by atoms with Crippen LogP contribution in [0.3, 0.4) is 0 Å². The highest BCUT2D eigenvalue weighted by Gasteiger charge is 2.17. The number of carbonyl (C=O) groups is 1. The molecular weight excluding hydrogens is 312 g/mol. The van der Waals surface area contributed by atoms with Crippen LogP contribution < -0.4 is 20.1 Å². The van der Waals surface area contributed by atoms with Crippen molar-refractivity contribution in [2.24, 2.45) is 0 Å². The molecule has 0 fully saturated rings.